The molecule has 0 bridgehead atoms. The van der Waals surface area contributed by atoms with Gasteiger partial charge in [0.05, 0.1) is 0 Å². The van der Waals surface area contributed by atoms with E-state index in [-0.39, 0.29) is 0 Å². The summed E-state index contributed by atoms with van der Waals surface area (Å²) in [6.45, 7) is 8.74. The smallest absolute Gasteiger partial charge is 0.226 e. The average Bonchev–Trinajstić information content (AvgIpc) is 2.27. The van der Waals surface area contributed by atoms with Crippen molar-refractivity contribution in [3.05, 3.63) is 6.33 Å². The zero-order valence-electron chi connectivity index (χ0n) is 11.8. The Morgan fingerprint density at radius 3 is 2.56 bits per heavy atom. The van der Waals surface area contributed by atoms with E-state index in [2.05, 4.69) is 53.3 Å². The maximum Gasteiger partial charge on any atom is 0.226 e. The van der Waals surface area contributed by atoms with Crippen LogP contribution in [0.2, 0.25) is 0 Å². The first-order valence-electron chi connectivity index (χ1n) is 6.30. The fourth-order valence-electron chi connectivity index (χ4n) is 1.82. The number of nitrogens with zero attached hydrogens (tertiary/aromatic N) is 3. The van der Waals surface area contributed by atoms with Gasteiger partial charge in [-0.25, -0.2) is 9.97 Å². The molecule has 1 heterocycles. The van der Waals surface area contributed by atoms with Crippen molar-refractivity contribution in [2.24, 2.45) is 0 Å². The van der Waals surface area contributed by atoms with Gasteiger partial charge >= 0.3 is 0 Å². The van der Waals surface area contributed by atoms with Crippen molar-refractivity contribution in [3.63, 3.8) is 0 Å². The van der Waals surface area contributed by atoms with Crippen LogP contribution < -0.4 is 10.6 Å². The molecule has 18 heavy (non-hydrogen) atoms. The highest BCUT2D eigenvalue weighted by Crippen LogP contribution is 2.22. The van der Waals surface area contributed by atoms with Crippen LogP contribution in [0.1, 0.15) is 34.1 Å². The van der Waals surface area contributed by atoms with Crippen LogP contribution in [-0.2, 0) is 0 Å². The second kappa shape index (κ2) is 7.53. The summed E-state index contributed by atoms with van der Waals surface area (Å²) in [6.07, 6.45) is 2.63. The Hall–Kier alpha value is -0.880. The standard InChI is InChI=1S/C12H23N5S/c1-8(2)16-9(3)6-10(4)18-12-15-7-14-11(13-5)17-12/h7-10,16H,6H2,1-5H3,(H,13,14,15,17)/t9?,10-/m1/s1. The van der Waals surface area contributed by atoms with Crippen molar-refractivity contribution in [3.8, 4) is 0 Å². The minimum Gasteiger partial charge on any atom is -0.357 e. The fourth-order valence-corrected chi connectivity index (χ4v) is 2.81. The van der Waals surface area contributed by atoms with Crippen LogP contribution >= 0.6 is 11.8 Å². The minimum absolute atomic E-state index is 0.471. The Balaban J connectivity index is 2.45. The van der Waals surface area contributed by atoms with Gasteiger partial charge in [-0.3, -0.25) is 0 Å². The van der Waals surface area contributed by atoms with Crippen molar-refractivity contribution in [1.29, 1.82) is 0 Å². The molecule has 5 nitrogen and oxygen atoms in total. The predicted octanol–water partition coefficient (Wildman–Crippen LogP) is 2.17. The topological polar surface area (TPSA) is 62.7 Å². The molecule has 0 fully saturated rings. The lowest BCUT2D eigenvalue weighted by Crippen LogP contribution is -2.34. The van der Waals surface area contributed by atoms with E-state index in [9.17, 15) is 0 Å². The van der Waals surface area contributed by atoms with Crippen LogP contribution in [0.25, 0.3) is 0 Å². The van der Waals surface area contributed by atoms with Crippen LogP contribution in [0.5, 0.6) is 0 Å². The maximum absolute atomic E-state index is 4.31. The second-order valence-electron chi connectivity index (χ2n) is 4.73. The molecule has 0 saturated carbocycles. The van der Waals surface area contributed by atoms with Gasteiger partial charge in [0.15, 0.2) is 5.16 Å². The Labute approximate surface area is 114 Å². The molecule has 1 aromatic heterocycles. The molecule has 1 unspecified atom stereocenters. The monoisotopic (exact) mass is 269 g/mol. The lowest BCUT2D eigenvalue weighted by atomic mass is 10.2. The maximum atomic E-state index is 4.31. The summed E-state index contributed by atoms with van der Waals surface area (Å²) in [6, 6.07) is 1.02. The Kier molecular flexibility index (Phi) is 6.35. The van der Waals surface area contributed by atoms with Crippen molar-refractivity contribution in [2.45, 2.75) is 56.6 Å². The van der Waals surface area contributed by atoms with Crippen molar-refractivity contribution >= 4 is 17.7 Å². The Bertz CT molecular complexity index is 358. The molecule has 6 heteroatoms. The molecule has 1 aromatic rings. The van der Waals surface area contributed by atoms with E-state index < -0.39 is 0 Å². The van der Waals surface area contributed by atoms with Gasteiger partial charge < -0.3 is 10.6 Å². The molecule has 0 aromatic carbocycles. The van der Waals surface area contributed by atoms with Crippen molar-refractivity contribution < 1.29 is 0 Å². The zero-order chi connectivity index (χ0) is 13.5. The van der Waals surface area contributed by atoms with Gasteiger partial charge in [0.25, 0.3) is 0 Å². The summed E-state index contributed by atoms with van der Waals surface area (Å²) >= 11 is 1.69. The molecule has 0 aliphatic carbocycles. The molecule has 0 aliphatic heterocycles. The van der Waals surface area contributed by atoms with Crippen LogP contribution in [0, 0.1) is 0 Å². The summed E-state index contributed by atoms with van der Waals surface area (Å²) in [5, 5.41) is 7.67. The van der Waals surface area contributed by atoms with Gasteiger partial charge in [-0.2, -0.15) is 4.98 Å². The lowest BCUT2D eigenvalue weighted by molar-refractivity contribution is 0.465. The molecule has 2 N–H and O–H groups in total. The Morgan fingerprint density at radius 2 is 1.94 bits per heavy atom. The minimum atomic E-state index is 0.471. The third-order valence-corrected chi connectivity index (χ3v) is 3.39. The summed E-state index contributed by atoms with van der Waals surface area (Å²) in [7, 11) is 1.81. The van der Waals surface area contributed by atoms with E-state index in [0.29, 0.717) is 23.3 Å². The van der Waals surface area contributed by atoms with E-state index in [0.717, 1.165) is 11.6 Å². The highest BCUT2D eigenvalue weighted by atomic mass is 32.2. The van der Waals surface area contributed by atoms with Crippen molar-refractivity contribution in [1.82, 2.24) is 20.3 Å². The lowest BCUT2D eigenvalue weighted by Gasteiger charge is -2.20. The van der Waals surface area contributed by atoms with Crippen LogP contribution in [0.3, 0.4) is 0 Å². The predicted molar refractivity (Wildman–Crippen MR) is 77.0 cm³/mol. The Morgan fingerprint density at radius 1 is 1.22 bits per heavy atom. The summed E-state index contributed by atoms with van der Waals surface area (Å²) in [4.78, 5) is 12.5. The molecular formula is C12H23N5S. The first-order valence-corrected chi connectivity index (χ1v) is 7.18. The van der Waals surface area contributed by atoms with E-state index in [1.54, 1.807) is 18.1 Å². The van der Waals surface area contributed by atoms with Gasteiger partial charge in [0, 0.05) is 24.4 Å². The number of thioether (sulfide) groups is 1. The number of hydrogen-bond acceptors (Lipinski definition) is 6. The molecule has 1 rings (SSSR count). The highest BCUT2D eigenvalue weighted by molar-refractivity contribution is 7.99. The molecule has 0 amide bonds. The SMILES string of the molecule is CNc1ncnc(S[C@H](C)CC(C)NC(C)C)n1. The fraction of sp³-hybridized carbons (Fsp3) is 0.750. The summed E-state index contributed by atoms with van der Waals surface area (Å²) in [5.74, 6) is 0.619. The third-order valence-electron chi connectivity index (χ3n) is 2.38. The molecule has 2 atom stereocenters. The van der Waals surface area contributed by atoms with E-state index in [4.69, 9.17) is 0 Å². The van der Waals surface area contributed by atoms with Gasteiger partial charge in [-0.15, -0.1) is 0 Å². The van der Waals surface area contributed by atoms with Gasteiger partial charge in [0.2, 0.25) is 5.95 Å². The number of rotatable bonds is 7. The third kappa shape index (κ3) is 5.64. The van der Waals surface area contributed by atoms with Crippen LogP contribution in [0.4, 0.5) is 5.95 Å². The first kappa shape index (κ1) is 15.2. The van der Waals surface area contributed by atoms with E-state index in [1.165, 1.54) is 0 Å². The zero-order valence-corrected chi connectivity index (χ0v) is 12.6. The summed E-state index contributed by atoms with van der Waals surface area (Å²) in [5.41, 5.74) is 0. The molecule has 0 saturated heterocycles. The molecular weight excluding hydrogens is 246 g/mol. The van der Waals surface area contributed by atoms with Crippen LogP contribution in [0.15, 0.2) is 11.5 Å². The summed E-state index contributed by atoms with van der Waals surface area (Å²) < 4.78 is 0. The number of aromatic nitrogens is 3. The normalized spacial score (nSPS) is 14.6. The van der Waals surface area contributed by atoms with Gasteiger partial charge in [-0.1, -0.05) is 32.5 Å². The van der Waals surface area contributed by atoms with E-state index in [1.807, 2.05) is 7.05 Å². The number of anilines is 1. The first-order chi connectivity index (χ1) is 8.51. The van der Waals surface area contributed by atoms with Gasteiger partial charge in [-0.05, 0) is 13.3 Å². The second-order valence-corrected chi connectivity index (χ2v) is 6.13. The molecule has 0 radical (unpaired) electrons. The number of hydrogen-bond donors (Lipinski definition) is 2. The molecule has 102 valence electrons. The largest absolute Gasteiger partial charge is 0.357 e. The average molecular weight is 269 g/mol. The highest BCUT2D eigenvalue weighted by Gasteiger charge is 2.12. The van der Waals surface area contributed by atoms with Crippen LogP contribution in [-0.4, -0.2) is 39.3 Å². The quantitative estimate of drug-likeness (QED) is 0.740. The number of nitrogens with one attached hydrogen (secondary N) is 2. The van der Waals surface area contributed by atoms with Crippen molar-refractivity contribution in [2.75, 3.05) is 12.4 Å². The molecule has 0 aliphatic rings. The molecule has 0 spiro atoms. The van der Waals surface area contributed by atoms with E-state index >= 15 is 0 Å². The van der Waals surface area contributed by atoms with Gasteiger partial charge in [0.1, 0.15) is 6.33 Å².